The Morgan fingerprint density at radius 3 is 2.28 bits per heavy atom. The van der Waals surface area contributed by atoms with E-state index < -0.39 is 0 Å². The fourth-order valence-electron chi connectivity index (χ4n) is 3.74. The Labute approximate surface area is 179 Å². The van der Waals surface area contributed by atoms with E-state index in [1.165, 1.54) is 12.0 Å². The summed E-state index contributed by atoms with van der Waals surface area (Å²) >= 11 is 5.55. The second-order valence-electron chi connectivity index (χ2n) is 8.12. The molecule has 2 aromatic rings. The fraction of sp³-hybridized carbons (Fsp3) is 0.417. The van der Waals surface area contributed by atoms with Crippen LogP contribution >= 0.6 is 12.2 Å². The van der Waals surface area contributed by atoms with E-state index in [9.17, 15) is 4.79 Å². The Kier molecular flexibility index (Phi) is 7.64. The van der Waals surface area contributed by atoms with Crippen molar-refractivity contribution >= 4 is 28.9 Å². The molecule has 0 unspecified atom stereocenters. The molecule has 0 aromatic heterocycles. The van der Waals surface area contributed by atoms with Gasteiger partial charge in [0.25, 0.3) is 5.91 Å². The molecule has 3 rings (SSSR count). The third-order valence-corrected chi connectivity index (χ3v) is 5.47. The van der Waals surface area contributed by atoms with Crippen molar-refractivity contribution in [3.05, 3.63) is 65.7 Å². The number of benzene rings is 2. The van der Waals surface area contributed by atoms with Gasteiger partial charge in [-0.2, -0.15) is 0 Å². The third-order valence-electron chi connectivity index (χ3n) is 5.25. The first-order chi connectivity index (χ1) is 14.0. The highest BCUT2D eigenvalue weighted by molar-refractivity contribution is 7.80. The Hall–Kier alpha value is -2.40. The summed E-state index contributed by atoms with van der Waals surface area (Å²) in [6.07, 6.45) is 4.42. The van der Waals surface area contributed by atoms with Crippen LogP contribution in [0.25, 0.3) is 0 Å². The van der Waals surface area contributed by atoms with Crippen molar-refractivity contribution in [2.24, 2.45) is 5.92 Å². The van der Waals surface area contributed by atoms with Gasteiger partial charge in [0.15, 0.2) is 5.11 Å². The van der Waals surface area contributed by atoms with Crippen LogP contribution in [0, 0.1) is 5.92 Å². The van der Waals surface area contributed by atoms with Crippen molar-refractivity contribution in [3.63, 3.8) is 0 Å². The summed E-state index contributed by atoms with van der Waals surface area (Å²) in [4.78, 5) is 14.6. The molecule has 2 aromatic carbocycles. The van der Waals surface area contributed by atoms with Gasteiger partial charge in [-0.15, -0.1) is 0 Å². The maximum atomic E-state index is 12.6. The topological polar surface area (TPSA) is 44.4 Å². The highest BCUT2D eigenvalue weighted by atomic mass is 32.1. The molecule has 0 saturated carbocycles. The number of nitrogens with one attached hydrogen (secondary N) is 2. The smallest absolute Gasteiger partial charge is 0.253 e. The number of nitrogens with zero attached hydrogens (tertiary/aromatic N) is 1. The van der Waals surface area contributed by atoms with Crippen molar-refractivity contribution in [2.75, 3.05) is 18.4 Å². The molecule has 0 bridgehead atoms. The molecule has 4 nitrogen and oxygen atoms in total. The second kappa shape index (κ2) is 10.4. The summed E-state index contributed by atoms with van der Waals surface area (Å²) in [6, 6.07) is 18.2. The van der Waals surface area contributed by atoms with E-state index in [1.807, 2.05) is 35.2 Å². The van der Waals surface area contributed by atoms with Gasteiger partial charge in [0.1, 0.15) is 0 Å². The zero-order valence-electron chi connectivity index (χ0n) is 17.4. The van der Waals surface area contributed by atoms with E-state index in [0.29, 0.717) is 11.0 Å². The molecule has 1 aliphatic rings. The Balaban J connectivity index is 1.60. The molecule has 2 N–H and O–H groups in total. The van der Waals surface area contributed by atoms with Gasteiger partial charge >= 0.3 is 0 Å². The Morgan fingerprint density at radius 1 is 1.00 bits per heavy atom. The molecular weight excluding hydrogens is 378 g/mol. The van der Waals surface area contributed by atoms with Gasteiger partial charge in [0.05, 0.1) is 6.04 Å². The number of rotatable bonds is 6. The first kappa shape index (κ1) is 21.3. The molecule has 1 atom stereocenters. The van der Waals surface area contributed by atoms with E-state index in [0.717, 1.165) is 43.6 Å². The molecule has 0 aliphatic carbocycles. The van der Waals surface area contributed by atoms with Gasteiger partial charge in [0.2, 0.25) is 0 Å². The van der Waals surface area contributed by atoms with Crippen LogP contribution in [0.4, 0.5) is 5.69 Å². The lowest BCUT2D eigenvalue weighted by atomic mass is 9.97. The number of likely N-dealkylation sites (tertiary alicyclic amines) is 1. The Morgan fingerprint density at radius 2 is 1.66 bits per heavy atom. The SMILES string of the molecule is CC(C)C[C@@H](NC(=S)Nc1ccc(C(=O)N2CCCCC2)cc1)c1ccccc1. The number of hydrogen-bond donors (Lipinski definition) is 2. The zero-order chi connectivity index (χ0) is 20.6. The number of hydrogen-bond acceptors (Lipinski definition) is 2. The summed E-state index contributed by atoms with van der Waals surface area (Å²) in [5, 5.41) is 7.30. The minimum absolute atomic E-state index is 0.123. The van der Waals surface area contributed by atoms with Gasteiger partial charge in [-0.1, -0.05) is 44.2 Å². The van der Waals surface area contributed by atoms with Crippen molar-refractivity contribution in [2.45, 2.75) is 45.6 Å². The molecule has 1 amide bonds. The molecular formula is C24H31N3OS. The van der Waals surface area contributed by atoms with Crippen molar-refractivity contribution < 1.29 is 4.79 Å². The molecule has 1 heterocycles. The summed E-state index contributed by atoms with van der Waals surface area (Å²) in [6.45, 7) is 6.16. The fourth-order valence-corrected chi connectivity index (χ4v) is 4.00. The van der Waals surface area contributed by atoms with Crippen LogP contribution in [-0.2, 0) is 0 Å². The molecule has 29 heavy (non-hydrogen) atoms. The largest absolute Gasteiger partial charge is 0.356 e. The lowest BCUT2D eigenvalue weighted by molar-refractivity contribution is 0.0724. The quantitative estimate of drug-likeness (QED) is 0.628. The molecule has 5 heteroatoms. The maximum Gasteiger partial charge on any atom is 0.253 e. The zero-order valence-corrected chi connectivity index (χ0v) is 18.2. The number of carbonyl (C=O) groups excluding carboxylic acids is 1. The highest BCUT2D eigenvalue weighted by Crippen LogP contribution is 2.21. The number of anilines is 1. The summed E-state index contributed by atoms with van der Waals surface area (Å²) in [5.41, 5.74) is 2.85. The van der Waals surface area contributed by atoms with Crippen LogP contribution in [-0.4, -0.2) is 29.0 Å². The molecule has 1 aliphatic heterocycles. The average Bonchev–Trinajstić information content (AvgIpc) is 2.74. The summed E-state index contributed by atoms with van der Waals surface area (Å²) in [5.74, 6) is 0.675. The monoisotopic (exact) mass is 409 g/mol. The average molecular weight is 410 g/mol. The van der Waals surface area contributed by atoms with Gasteiger partial charge in [-0.3, -0.25) is 4.79 Å². The van der Waals surface area contributed by atoms with Crippen LogP contribution in [0.15, 0.2) is 54.6 Å². The van der Waals surface area contributed by atoms with Crippen molar-refractivity contribution in [1.29, 1.82) is 0 Å². The maximum absolute atomic E-state index is 12.6. The van der Waals surface area contributed by atoms with Crippen LogP contribution in [0.3, 0.4) is 0 Å². The van der Waals surface area contributed by atoms with E-state index in [4.69, 9.17) is 12.2 Å². The third kappa shape index (κ3) is 6.29. The minimum atomic E-state index is 0.123. The number of piperidine rings is 1. The van der Waals surface area contributed by atoms with Gasteiger partial charge < -0.3 is 15.5 Å². The van der Waals surface area contributed by atoms with E-state index in [1.54, 1.807) is 0 Å². The van der Waals surface area contributed by atoms with E-state index in [2.05, 4.69) is 48.7 Å². The number of amides is 1. The lowest BCUT2D eigenvalue weighted by Gasteiger charge is -2.26. The van der Waals surface area contributed by atoms with Crippen LogP contribution < -0.4 is 10.6 Å². The Bertz CT molecular complexity index is 799. The molecule has 154 valence electrons. The summed E-state index contributed by atoms with van der Waals surface area (Å²) < 4.78 is 0. The predicted molar refractivity (Wildman–Crippen MR) is 124 cm³/mol. The number of thiocarbonyl (C=S) groups is 1. The van der Waals surface area contributed by atoms with Crippen LogP contribution in [0.2, 0.25) is 0 Å². The minimum Gasteiger partial charge on any atom is -0.356 e. The molecule has 0 spiro atoms. The summed E-state index contributed by atoms with van der Waals surface area (Å²) in [7, 11) is 0. The number of carbonyl (C=O) groups is 1. The highest BCUT2D eigenvalue weighted by Gasteiger charge is 2.18. The van der Waals surface area contributed by atoms with Crippen molar-refractivity contribution in [1.82, 2.24) is 10.2 Å². The van der Waals surface area contributed by atoms with Gasteiger partial charge in [-0.05, 0) is 73.6 Å². The van der Waals surface area contributed by atoms with Crippen LogP contribution in [0.1, 0.15) is 61.5 Å². The first-order valence-electron chi connectivity index (χ1n) is 10.5. The molecule has 1 saturated heterocycles. The normalized spacial score (nSPS) is 15.1. The van der Waals surface area contributed by atoms with Crippen LogP contribution in [0.5, 0.6) is 0 Å². The predicted octanol–water partition coefficient (Wildman–Crippen LogP) is 5.39. The van der Waals surface area contributed by atoms with Gasteiger partial charge in [0, 0.05) is 24.3 Å². The molecule has 0 radical (unpaired) electrons. The lowest BCUT2D eigenvalue weighted by Crippen LogP contribution is -2.35. The second-order valence-corrected chi connectivity index (χ2v) is 8.53. The van der Waals surface area contributed by atoms with E-state index in [-0.39, 0.29) is 11.9 Å². The van der Waals surface area contributed by atoms with E-state index >= 15 is 0 Å². The molecule has 1 fully saturated rings. The standard InChI is InChI=1S/C24H31N3OS/c1-18(2)17-22(19-9-5-3-6-10-19)26-24(29)25-21-13-11-20(12-14-21)23(28)27-15-7-4-8-16-27/h3,5-6,9-14,18,22H,4,7-8,15-17H2,1-2H3,(H2,25,26,29)/t22-/m1/s1. The van der Waals surface area contributed by atoms with Crippen molar-refractivity contribution in [3.8, 4) is 0 Å². The van der Waals surface area contributed by atoms with Gasteiger partial charge in [-0.25, -0.2) is 0 Å². The first-order valence-corrected chi connectivity index (χ1v) is 11.0.